The number of rotatable bonds is 1. The number of ether oxygens (including phenoxy) is 1. The summed E-state index contributed by atoms with van der Waals surface area (Å²) in [5.41, 5.74) is 1.26. The molecule has 0 radical (unpaired) electrons. The van der Waals surface area contributed by atoms with E-state index in [9.17, 15) is 0 Å². The zero-order valence-electron chi connectivity index (χ0n) is 9.76. The first-order valence-corrected chi connectivity index (χ1v) is 6.77. The topological polar surface area (TPSA) is 21.3 Å². The van der Waals surface area contributed by atoms with Crippen molar-refractivity contribution in [2.75, 3.05) is 0 Å². The number of hydrogen-bond donors (Lipinski definition) is 1. The normalized spacial score (nSPS) is 32.2. The molecule has 0 aromatic heterocycles. The molecule has 1 aliphatic heterocycles. The molecular formula is C14H17NOS. The van der Waals surface area contributed by atoms with E-state index in [1.807, 2.05) is 6.07 Å². The summed E-state index contributed by atoms with van der Waals surface area (Å²) < 4.78 is 5.86. The van der Waals surface area contributed by atoms with E-state index < -0.39 is 0 Å². The third kappa shape index (κ3) is 2.16. The Hall–Kier alpha value is -1.09. The summed E-state index contributed by atoms with van der Waals surface area (Å²) >= 11 is 5.22. The molecule has 0 amide bonds. The monoisotopic (exact) mass is 247 g/mol. The van der Waals surface area contributed by atoms with Gasteiger partial charge in [-0.05, 0) is 30.6 Å². The van der Waals surface area contributed by atoms with Crippen LogP contribution >= 0.6 is 12.2 Å². The standard InChI is InChI=1S/C14H17NOS/c17-14-15-12-9-5-4-8-11(12)13(16-14)10-6-2-1-3-7-10/h1-3,6-7,11-13H,4-5,8-9H2,(H,15,17)/t11-,12+,13-/m1/s1. The summed E-state index contributed by atoms with van der Waals surface area (Å²) in [5.74, 6) is 0.567. The fraction of sp³-hybridized carbons (Fsp3) is 0.500. The van der Waals surface area contributed by atoms with Gasteiger partial charge in [0, 0.05) is 12.0 Å². The average molecular weight is 247 g/mol. The van der Waals surface area contributed by atoms with Crippen molar-refractivity contribution in [3.05, 3.63) is 35.9 Å². The summed E-state index contributed by atoms with van der Waals surface area (Å²) in [5, 5.41) is 3.90. The van der Waals surface area contributed by atoms with Gasteiger partial charge in [-0.25, -0.2) is 0 Å². The molecule has 2 nitrogen and oxygen atoms in total. The molecule has 1 aromatic rings. The quantitative estimate of drug-likeness (QED) is 0.770. The summed E-state index contributed by atoms with van der Waals surface area (Å²) in [6.07, 6.45) is 5.22. The van der Waals surface area contributed by atoms with Crippen LogP contribution in [0.2, 0.25) is 0 Å². The molecule has 3 heteroatoms. The van der Waals surface area contributed by atoms with Crippen LogP contribution in [-0.2, 0) is 4.74 Å². The van der Waals surface area contributed by atoms with Crippen molar-refractivity contribution < 1.29 is 4.74 Å². The average Bonchev–Trinajstić information content (AvgIpc) is 2.39. The van der Waals surface area contributed by atoms with E-state index >= 15 is 0 Å². The molecule has 2 fully saturated rings. The van der Waals surface area contributed by atoms with Crippen molar-refractivity contribution in [3.63, 3.8) is 0 Å². The Bertz CT molecular complexity index is 406. The highest BCUT2D eigenvalue weighted by Crippen LogP contribution is 2.39. The van der Waals surface area contributed by atoms with E-state index in [2.05, 4.69) is 29.6 Å². The Morgan fingerprint density at radius 1 is 1.12 bits per heavy atom. The van der Waals surface area contributed by atoms with Gasteiger partial charge >= 0.3 is 0 Å². The molecule has 1 saturated carbocycles. The lowest BCUT2D eigenvalue weighted by molar-refractivity contribution is 0.0443. The highest BCUT2D eigenvalue weighted by molar-refractivity contribution is 7.80. The van der Waals surface area contributed by atoms with E-state index in [1.165, 1.54) is 31.2 Å². The van der Waals surface area contributed by atoms with Crippen molar-refractivity contribution in [2.24, 2.45) is 5.92 Å². The Kier molecular flexibility index (Phi) is 3.02. The second-order valence-corrected chi connectivity index (χ2v) is 5.31. The van der Waals surface area contributed by atoms with E-state index in [4.69, 9.17) is 17.0 Å². The van der Waals surface area contributed by atoms with Crippen LogP contribution in [0.4, 0.5) is 0 Å². The summed E-state index contributed by atoms with van der Waals surface area (Å²) in [6.45, 7) is 0. The van der Waals surface area contributed by atoms with E-state index in [-0.39, 0.29) is 6.10 Å². The predicted octanol–water partition coefficient (Wildman–Crippen LogP) is 3.19. The van der Waals surface area contributed by atoms with Gasteiger partial charge in [0.2, 0.25) is 0 Å². The minimum absolute atomic E-state index is 0.148. The molecule has 1 N–H and O–H groups in total. The zero-order chi connectivity index (χ0) is 11.7. The Morgan fingerprint density at radius 2 is 1.88 bits per heavy atom. The first-order valence-electron chi connectivity index (χ1n) is 6.37. The first-order chi connectivity index (χ1) is 8.34. The molecule has 0 unspecified atom stereocenters. The Morgan fingerprint density at radius 3 is 2.71 bits per heavy atom. The minimum atomic E-state index is 0.148. The van der Waals surface area contributed by atoms with E-state index in [1.54, 1.807) is 0 Å². The first kappa shape index (κ1) is 11.0. The SMILES string of the molecule is S=C1N[C@H]2CCCC[C@H]2[C@@H](c2ccccc2)O1. The Labute approximate surface area is 107 Å². The molecule has 0 bridgehead atoms. The fourth-order valence-electron chi connectivity index (χ4n) is 3.05. The molecule has 1 saturated heterocycles. The summed E-state index contributed by atoms with van der Waals surface area (Å²) in [4.78, 5) is 0. The highest BCUT2D eigenvalue weighted by Gasteiger charge is 2.38. The number of benzene rings is 1. The number of fused-ring (bicyclic) bond motifs is 1. The van der Waals surface area contributed by atoms with Gasteiger partial charge in [-0.3, -0.25) is 0 Å². The maximum atomic E-state index is 5.86. The second-order valence-electron chi connectivity index (χ2n) is 4.94. The van der Waals surface area contributed by atoms with Crippen LogP contribution in [0.25, 0.3) is 0 Å². The van der Waals surface area contributed by atoms with Crippen LogP contribution in [0, 0.1) is 5.92 Å². The van der Waals surface area contributed by atoms with Gasteiger partial charge in [0.15, 0.2) is 0 Å². The van der Waals surface area contributed by atoms with Crippen molar-refractivity contribution >= 4 is 17.4 Å². The number of nitrogens with one attached hydrogen (secondary N) is 1. The molecule has 3 atom stereocenters. The van der Waals surface area contributed by atoms with Crippen LogP contribution < -0.4 is 5.32 Å². The van der Waals surface area contributed by atoms with Crippen molar-refractivity contribution in [2.45, 2.75) is 37.8 Å². The molecule has 1 heterocycles. The Balaban J connectivity index is 1.88. The van der Waals surface area contributed by atoms with Crippen molar-refractivity contribution in [3.8, 4) is 0 Å². The van der Waals surface area contributed by atoms with Crippen LogP contribution in [-0.4, -0.2) is 11.2 Å². The van der Waals surface area contributed by atoms with Gasteiger partial charge in [-0.1, -0.05) is 43.2 Å². The van der Waals surface area contributed by atoms with Gasteiger partial charge in [0.05, 0.1) is 0 Å². The third-order valence-electron chi connectivity index (χ3n) is 3.87. The van der Waals surface area contributed by atoms with Gasteiger partial charge in [0.25, 0.3) is 5.17 Å². The van der Waals surface area contributed by atoms with Crippen molar-refractivity contribution in [1.29, 1.82) is 0 Å². The van der Waals surface area contributed by atoms with Crippen LogP contribution in [0.3, 0.4) is 0 Å². The van der Waals surface area contributed by atoms with Crippen LogP contribution in [0.1, 0.15) is 37.4 Å². The molecule has 2 aliphatic rings. The van der Waals surface area contributed by atoms with E-state index in [0.29, 0.717) is 17.1 Å². The molecular weight excluding hydrogens is 230 g/mol. The van der Waals surface area contributed by atoms with Crippen LogP contribution in [0.15, 0.2) is 30.3 Å². The summed E-state index contributed by atoms with van der Waals surface area (Å²) in [7, 11) is 0. The largest absolute Gasteiger partial charge is 0.462 e. The second kappa shape index (κ2) is 4.65. The molecule has 1 aromatic carbocycles. The van der Waals surface area contributed by atoms with Gasteiger partial charge in [0.1, 0.15) is 6.10 Å². The lowest BCUT2D eigenvalue weighted by Crippen LogP contribution is -2.50. The lowest BCUT2D eigenvalue weighted by atomic mass is 9.78. The van der Waals surface area contributed by atoms with Crippen LogP contribution in [0.5, 0.6) is 0 Å². The summed E-state index contributed by atoms with van der Waals surface area (Å²) in [6, 6.07) is 11.0. The van der Waals surface area contributed by atoms with Gasteiger partial charge < -0.3 is 10.1 Å². The minimum Gasteiger partial charge on any atom is -0.462 e. The highest BCUT2D eigenvalue weighted by atomic mass is 32.1. The smallest absolute Gasteiger partial charge is 0.257 e. The number of hydrogen-bond acceptors (Lipinski definition) is 2. The maximum Gasteiger partial charge on any atom is 0.257 e. The molecule has 90 valence electrons. The third-order valence-corrected chi connectivity index (χ3v) is 4.09. The number of thiocarbonyl (C=S) groups is 1. The fourth-order valence-corrected chi connectivity index (χ4v) is 3.30. The molecule has 3 rings (SSSR count). The lowest BCUT2D eigenvalue weighted by Gasteiger charge is -2.42. The zero-order valence-corrected chi connectivity index (χ0v) is 10.6. The van der Waals surface area contributed by atoms with Gasteiger partial charge in [-0.2, -0.15) is 0 Å². The molecule has 1 aliphatic carbocycles. The maximum absolute atomic E-state index is 5.86. The van der Waals surface area contributed by atoms with Crippen molar-refractivity contribution in [1.82, 2.24) is 5.32 Å². The van der Waals surface area contributed by atoms with Gasteiger partial charge in [-0.15, -0.1) is 0 Å². The van der Waals surface area contributed by atoms with E-state index in [0.717, 1.165) is 0 Å². The predicted molar refractivity (Wildman–Crippen MR) is 71.7 cm³/mol. The molecule has 17 heavy (non-hydrogen) atoms. The molecule has 0 spiro atoms.